The molecule has 1 aliphatic rings. The normalized spacial score (nSPS) is 16.6. The second kappa shape index (κ2) is 4.37. The van der Waals surface area contributed by atoms with E-state index in [-0.39, 0.29) is 5.97 Å². The third-order valence-electron chi connectivity index (χ3n) is 4.14. The van der Waals surface area contributed by atoms with Crippen LogP contribution in [0.5, 0.6) is 0 Å². The van der Waals surface area contributed by atoms with E-state index in [2.05, 4.69) is 12.0 Å². The van der Waals surface area contributed by atoms with Gasteiger partial charge in [-0.25, -0.2) is 9.31 Å². The van der Waals surface area contributed by atoms with Gasteiger partial charge in [0, 0.05) is 17.8 Å². The van der Waals surface area contributed by atoms with E-state index in [1.54, 1.807) is 6.20 Å². The summed E-state index contributed by atoms with van der Waals surface area (Å²) < 4.78 is 6.82. The molecule has 0 N–H and O–H groups in total. The van der Waals surface area contributed by atoms with Crippen molar-refractivity contribution in [3.8, 4) is 0 Å². The van der Waals surface area contributed by atoms with E-state index in [0.717, 1.165) is 22.7 Å². The fourth-order valence-electron chi connectivity index (χ4n) is 2.95. The number of esters is 1. The van der Waals surface area contributed by atoms with Crippen LogP contribution in [0.1, 0.15) is 47.3 Å². The summed E-state index contributed by atoms with van der Waals surface area (Å²) >= 11 is 0. The summed E-state index contributed by atoms with van der Waals surface area (Å²) in [6, 6.07) is 3.78. The number of carbonyl (C=O) groups is 1. The molecule has 2 aromatic heterocycles. The lowest BCUT2D eigenvalue weighted by Crippen LogP contribution is -2.04. The molecule has 0 saturated heterocycles. The molecule has 1 aliphatic carbocycles. The predicted octanol–water partition coefficient (Wildman–Crippen LogP) is 2.94. The van der Waals surface area contributed by atoms with E-state index < -0.39 is 0 Å². The highest BCUT2D eigenvalue weighted by Gasteiger charge is 2.34. The number of ether oxygens (including phenoxy) is 1. The van der Waals surface area contributed by atoms with Gasteiger partial charge in [0.2, 0.25) is 0 Å². The van der Waals surface area contributed by atoms with Crippen LogP contribution in [0.4, 0.5) is 0 Å². The number of aromatic nitrogens is 2. The Balaban J connectivity index is 2.26. The Labute approximate surface area is 112 Å². The van der Waals surface area contributed by atoms with Crippen LogP contribution >= 0.6 is 0 Å². The lowest BCUT2D eigenvalue weighted by molar-refractivity contribution is 0.0602. The van der Waals surface area contributed by atoms with E-state index >= 15 is 0 Å². The summed E-state index contributed by atoms with van der Waals surface area (Å²) in [5.74, 6) is 0.877. The standard InChI is InChI=1S/C15H18N2O2/c1-9(11-6-7-11)14-10(2)13(15(18)19-3)12-5-4-8-16-17(12)14/h4-5,8-9,11H,6-7H2,1-3H3. The first kappa shape index (κ1) is 12.2. The number of nitrogens with zero attached hydrogens (tertiary/aromatic N) is 2. The van der Waals surface area contributed by atoms with Gasteiger partial charge in [0.25, 0.3) is 0 Å². The smallest absolute Gasteiger partial charge is 0.340 e. The SMILES string of the molecule is COC(=O)c1c(C)c(C(C)C2CC2)n2ncccc12. The molecule has 1 fully saturated rings. The highest BCUT2D eigenvalue weighted by atomic mass is 16.5. The summed E-state index contributed by atoms with van der Waals surface area (Å²) in [5, 5.41) is 4.42. The molecule has 19 heavy (non-hydrogen) atoms. The first-order valence-electron chi connectivity index (χ1n) is 6.69. The van der Waals surface area contributed by atoms with Gasteiger partial charge in [0.05, 0.1) is 18.2 Å². The van der Waals surface area contributed by atoms with E-state index in [9.17, 15) is 4.79 Å². The molecule has 1 unspecified atom stereocenters. The van der Waals surface area contributed by atoms with Crippen molar-refractivity contribution in [3.05, 3.63) is 35.2 Å². The van der Waals surface area contributed by atoms with E-state index in [4.69, 9.17) is 4.74 Å². The van der Waals surface area contributed by atoms with Gasteiger partial charge in [0.1, 0.15) is 0 Å². The van der Waals surface area contributed by atoms with E-state index in [0.29, 0.717) is 11.5 Å². The van der Waals surface area contributed by atoms with Crippen LogP contribution in [0.3, 0.4) is 0 Å². The molecule has 0 aromatic carbocycles. The van der Waals surface area contributed by atoms with Crippen molar-refractivity contribution < 1.29 is 9.53 Å². The Morgan fingerprint density at radius 2 is 2.26 bits per heavy atom. The fourth-order valence-corrected chi connectivity index (χ4v) is 2.95. The lowest BCUT2D eigenvalue weighted by Gasteiger charge is -2.11. The zero-order valence-electron chi connectivity index (χ0n) is 11.5. The third kappa shape index (κ3) is 1.82. The number of methoxy groups -OCH3 is 1. The van der Waals surface area contributed by atoms with Gasteiger partial charge in [0.15, 0.2) is 0 Å². The van der Waals surface area contributed by atoms with Gasteiger partial charge in [-0.15, -0.1) is 0 Å². The Hall–Kier alpha value is -1.84. The number of fused-ring (bicyclic) bond motifs is 1. The number of hydrogen-bond acceptors (Lipinski definition) is 3. The van der Waals surface area contributed by atoms with Crippen molar-refractivity contribution in [3.63, 3.8) is 0 Å². The maximum Gasteiger partial charge on any atom is 0.340 e. The van der Waals surface area contributed by atoms with Gasteiger partial charge in [-0.3, -0.25) is 0 Å². The first-order chi connectivity index (χ1) is 9.15. The minimum atomic E-state index is -0.280. The van der Waals surface area contributed by atoms with Crippen molar-refractivity contribution in [1.29, 1.82) is 0 Å². The predicted molar refractivity (Wildman–Crippen MR) is 72.4 cm³/mol. The van der Waals surface area contributed by atoms with Crippen LogP contribution < -0.4 is 0 Å². The van der Waals surface area contributed by atoms with Crippen LogP contribution in [-0.4, -0.2) is 22.7 Å². The second-order valence-electron chi connectivity index (χ2n) is 5.32. The van der Waals surface area contributed by atoms with Gasteiger partial charge >= 0.3 is 5.97 Å². The summed E-state index contributed by atoms with van der Waals surface area (Å²) in [6.45, 7) is 4.22. The van der Waals surface area contributed by atoms with Gasteiger partial charge in [-0.1, -0.05) is 6.92 Å². The van der Waals surface area contributed by atoms with Crippen LogP contribution in [0.25, 0.3) is 5.52 Å². The molecule has 1 saturated carbocycles. The monoisotopic (exact) mass is 258 g/mol. The van der Waals surface area contributed by atoms with Crippen molar-refractivity contribution >= 4 is 11.5 Å². The van der Waals surface area contributed by atoms with Crippen LogP contribution in [-0.2, 0) is 4.74 Å². The first-order valence-corrected chi connectivity index (χ1v) is 6.69. The number of hydrogen-bond donors (Lipinski definition) is 0. The molecule has 0 amide bonds. The quantitative estimate of drug-likeness (QED) is 0.795. The zero-order chi connectivity index (χ0) is 13.6. The van der Waals surface area contributed by atoms with Crippen LogP contribution in [0.15, 0.2) is 18.3 Å². The highest BCUT2D eigenvalue weighted by molar-refractivity contribution is 5.99. The summed E-state index contributed by atoms with van der Waals surface area (Å²) in [4.78, 5) is 12.0. The molecular weight excluding hydrogens is 240 g/mol. The maximum absolute atomic E-state index is 12.0. The molecule has 3 rings (SSSR count). The molecular formula is C15H18N2O2. The van der Waals surface area contributed by atoms with Crippen molar-refractivity contribution in [1.82, 2.24) is 9.61 Å². The minimum absolute atomic E-state index is 0.280. The third-order valence-corrected chi connectivity index (χ3v) is 4.14. The Morgan fingerprint density at radius 1 is 1.53 bits per heavy atom. The van der Waals surface area contributed by atoms with Gasteiger partial charge in [-0.2, -0.15) is 5.10 Å². The fraction of sp³-hybridized carbons (Fsp3) is 0.467. The molecule has 0 bridgehead atoms. The second-order valence-corrected chi connectivity index (χ2v) is 5.32. The molecule has 0 aliphatic heterocycles. The topological polar surface area (TPSA) is 43.6 Å². The maximum atomic E-state index is 12.0. The van der Waals surface area contributed by atoms with Gasteiger partial charge < -0.3 is 4.74 Å². The van der Waals surface area contributed by atoms with Crippen molar-refractivity contribution in [2.75, 3.05) is 7.11 Å². The molecule has 0 radical (unpaired) electrons. The Bertz CT molecular complexity index is 641. The molecule has 0 spiro atoms. The van der Waals surface area contributed by atoms with E-state index in [1.165, 1.54) is 20.0 Å². The molecule has 4 heteroatoms. The summed E-state index contributed by atoms with van der Waals surface area (Å²) in [5.41, 5.74) is 3.65. The molecule has 4 nitrogen and oxygen atoms in total. The lowest BCUT2D eigenvalue weighted by atomic mass is 9.98. The van der Waals surface area contributed by atoms with Crippen molar-refractivity contribution in [2.45, 2.75) is 32.6 Å². The van der Waals surface area contributed by atoms with Gasteiger partial charge in [-0.05, 0) is 43.4 Å². The van der Waals surface area contributed by atoms with Crippen LogP contribution in [0.2, 0.25) is 0 Å². The van der Waals surface area contributed by atoms with Crippen molar-refractivity contribution in [2.24, 2.45) is 5.92 Å². The zero-order valence-corrected chi connectivity index (χ0v) is 11.5. The largest absolute Gasteiger partial charge is 0.465 e. The summed E-state index contributed by atoms with van der Waals surface area (Å²) in [7, 11) is 1.42. The summed E-state index contributed by atoms with van der Waals surface area (Å²) in [6.07, 6.45) is 4.30. The highest BCUT2D eigenvalue weighted by Crippen LogP contribution is 2.44. The minimum Gasteiger partial charge on any atom is -0.465 e. The molecule has 2 heterocycles. The number of carbonyl (C=O) groups excluding carboxylic acids is 1. The molecule has 1 atom stereocenters. The Kier molecular flexibility index (Phi) is 2.81. The van der Waals surface area contributed by atoms with Crippen LogP contribution in [0, 0.1) is 12.8 Å². The number of rotatable bonds is 3. The average Bonchev–Trinajstić information content (AvgIpc) is 3.21. The Morgan fingerprint density at radius 3 is 2.89 bits per heavy atom. The van der Waals surface area contributed by atoms with E-state index in [1.807, 2.05) is 23.6 Å². The molecule has 2 aromatic rings. The average molecular weight is 258 g/mol. The molecule has 100 valence electrons.